The van der Waals surface area contributed by atoms with Gasteiger partial charge in [-0.3, -0.25) is 0 Å². The van der Waals surface area contributed by atoms with Crippen molar-refractivity contribution in [2.24, 2.45) is 0 Å². The van der Waals surface area contributed by atoms with E-state index in [1.54, 1.807) is 0 Å². The maximum Gasteiger partial charge on any atom is 0.0419 e. The van der Waals surface area contributed by atoms with E-state index in [2.05, 4.69) is 260 Å². The first-order valence-corrected chi connectivity index (χ1v) is 43.0. The van der Waals surface area contributed by atoms with E-state index < -0.39 is 0 Å². The molecule has 0 aliphatic carbocycles. The van der Waals surface area contributed by atoms with Crippen LogP contribution in [0.1, 0.15) is 262 Å². The van der Waals surface area contributed by atoms with Gasteiger partial charge in [0.1, 0.15) is 0 Å². The molecule has 0 spiro atoms. The Morgan fingerprint density at radius 1 is 0.0815 bits per heavy atom. The van der Waals surface area contributed by atoms with E-state index in [1.165, 1.54) is 0 Å². The number of hydrogen-bond acceptors (Lipinski definition) is 0. The minimum Gasteiger partial charge on any atom is -0.101 e. The van der Waals surface area contributed by atoms with Gasteiger partial charge < -0.3 is 0 Å². The molecule has 0 N–H and O–H groups in total. The van der Waals surface area contributed by atoms with Crippen molar-refractivity contribution in [1.82, 2.24) is 0 Å². The summed E-state index contributed by atoms with van der Waals surface area (Å²) in [6, 6.07) is 93.1. The molecule has 0 atom stereocenters. The Morgan fingerprint density at radius 2 is 0.156 bits per heavy atom. The third-order valence-electron chi connectivity index (χ3n) is 18.5. The Balaban J connectivity index is 0.000000198. The smallest absolute Gasteiger partial charge is 0.0419 e. The standard InChI is InChI=1S/C50H30.C39H24.C31H20.C15H12/c1-5-9-39-13-21-43(22-14-39)29-33-47-37-49(35-31-45-25-17-41(11-7-3)18-26-45)50(36-32-46-27-19-42(12-8-4)20-28-46)38-48(47)34-30-44-23-15-40(10-6-2)16-24-44;1-4-7-31-10-16-34(17-11-31)22-25-37-28-38(26-23-35-18-12-32(8-5-2)13-19-35)30-39(29-37)27-24-36-20-14-33(9-6-3)15-21-36;1-4-7-25-10-14-27(15-11-25)18-20-30-22-29(9-6-3)23-31(24-30)21-19-28-16-12-26(8-5-2)13-17-28;1-4-7-13-10-14(8-5-2)12-15(11-13)9-6-3/h13-28,37-38H,1-4H3;10-21,28-30H,1-3H3;10-17,22-24H,1-3H3;10-12H,1-3H3. The van der Waals surface area contributed by atoms with E-state index in [0.29, 0.717) is 0 Å². The van der Waals surface area contributed by atoms with E-state index in [1.807, 2.05) is 375 Å². The fraction of sp³-hybridized carbons (Fsp3) is 0.0963. The van der Waals surface area contributed by atoms with Crippen LogP contribution in [-0.2, 0) is 0 Å². The molecule has 0 saturated carbocycles. The highest BCUT2D eigenvalue weighted by molar-refractivity contribution is 5.67. The lowest BCUT2D eigenvalue weighted by molar-refractivity contribution is 1.50. The van der Waals surface area contributed by atoms with Gasteiger partial charge in [0, 0.05) is 172 Å². The normalized spacial score (nSPS) is 8.51. The van der Waals surface area contributed by atoms with Crippen LogP contribution >= 0.6 is 0 Å². The molecule has 0 aliphatic heterocycles. The highest BCUT2D eigenvalue weighted by atomic mass is 14.1. The molecule has 0 unspecified atom stereocenters. The first kappa shape index (κ1) is 97.4. The fourth-order valence-electron chi connectivity index (χ4n) is 12.4. The SMILES string of the molecule is CC#Cc1cc(C#CC)cc(C#CC)c1.CC#Cc1ccc(C#Cc2cc(C#CC)cc(C#Cc3ccc(C#CC)cc3)c2)cc1.CC#Cc1ccc(C#Cc2cc(C#Cc3ccc(C#CC)cc3)c(C#Cc3ccc(C#CC)cc3)cc2C#Cc2ccc(C#CC)cc2)cc1.CC#Cc1ccc(C#Cc2cc(C#Cc3ccc(C#CC)cc3)cc(C#Cc3ccc(C#CC)cc3)c2)cc1. The molecule has 0 nitrogen and oxygen atoms in total. The molecule has 13 aromatic rings. The van der Waals surface area contributed by atoms with Crippen LogP contribution in [-0.4, -0.2) is 0 Å². The van der Waals surface area contributed by atoms with Gasteiger partial charge in [0.25, 0.3) is 0 Å². The second kappa shape index (κ2) is 54.3. The lowest BCUT2D eigenvalue weighted by atomic mass is 9.97. The van der Waals surface area contributed by atoms with Crippen molar-refractivity contribution < 1.29 is 0 Å². The van der Waals surface area contributed by atoms with Crippen molar-refractivity contribution >= 4 is 0 Å². The molecule has 626 valence electrons. The topological polar surface area (TPSA) is 0 Å². The molecule has 0 aliphatic rings. The van der Waals surface area contributed by atoms with Crippen molar-refractivity contribution in [3.8, 4) is 260 Å². The van der Waals surface area contributed by atoms with Gasteiger partial charge in [0.2, 0.25) is 0 Å². The summed E-state index contributed by atoms with van der Waals surface area (Å²) < 4.78 is 0. The van der Waals surface area contributed by atoms with E-state index in [0.717, 1.165) is 172 Å². The Bertz CT molecular complexity index is 7390. The van der Waals surface area contributed by atoms with Crippen molar-refractivity contribution in [3.05, 3.63) is 458 Å². The van der Waals surface area contributed by atoms with Crippen LogP contribution in [0.3, 0.4) is 0 Å². The third-order valence-corrected chi connectivity index (χ3v) is 18.5. The lowest BCUT2D eigenvalue weighted by Crippen LogP contribution is -1.93. The van der Waals surface area contributed by atoms with Crippen molar-refractivity contribution in [2.75, 3.05) is 0 Å². The molecule has 0 saturated heterocycles. The van der Waals surface area contributed by atoms with Crippen molar-refractivity contribution in [2.45, 2.75) is 90.0 Å². The number of benzene rings is 13. The van der Waals surface area contributed by atoms with E-state index in [4.69, 9.17) is 0 Å². The van der Waals surface area contributed by atoms with Gasteiger partial charge in [-0.25, -0.2) is 0 Å². The van der Waals surface area contributed by atoms with E-state index >= 15 is 0 Å². The average Bonchev–Trinajstić information content (AvgIpc) is 0.813. The summed E-state index contributed by atoms with van der Waals surface area (Å²) in [7, 11) is 0. The maximum absolute atomic E-state index is 3.37. The Kier molecular flexibility index (Phi) is 39.1. The predicted octanol–water partition coefficient (Wildman–Crippen LogP) is 24.2. The molecule has 0 bridgehead atoms. The summed E-state index contributed by atoms with van der Waals surface area (Å²) in [5, 5.41) is 0. The van der Waals surface area contributed by atoms with Gasteiger partial charge in [-0.1, -0.05) is 184 Å². The van der Waals surface area contributed by atoms with Crippen LogP contribution in [0.5, 0.6) is 0 Å². The molecule has 13 aromatic carbocycles. The van der Waals surface area contributed by atoms with Crippen LogP contribution in [0.15, 0.2) is 285 Å². The zero-order chi connectivity index (χ0) is 95.2. The van der Waals surface area contributed by atoms with E-state index in [9.17, 15) is 0 Å². The highest BCUT2D eigenvalue weighted by Gasteiger charge is 2.09. The minimum atomic E-state index is 0.759. The predicted molar refractivity (Wildman–Crippen MR) is 561 cm³/mol. The second-order valence-electron chi connectivity index (χ2n) is 28.7. The molecular weight excluding hydrogens is 1620 g/mol. The summed E-state index contributed by atoms with van der Waals surface area (Å²) >= 11 is 0. The molecule has 0 heteroatoms. The maximum atomic E-state index is 3.37. The Labute approximate surface area is 802 Å². The van der Waals surface area contributed by atoms with Gasteiger partial charge in [-0.2, -0.15) is 0 Å². The summed E-state index contributed by atoms with van der Waals surface area (Å²) in [6.07, 6.45) is 0. The first-order chi connectivity index (χ1) is 66.2. The summed E-state index contributed by atoms with van der Waals surface area (Å²) in [4.78, 5) is 0. The zero-order valence-corrected chi connectivity index (χ0v) is 77.6. The molecule has 0 fully saturated rings. The van der Waals surface area contributed by atoms with Gasteiger partial charge >= 0.3 is 0 Å². The number of rotatable bonds is 0. The number of hydrogen-bond donors (Lipinski definition) is 0. The summed E-state index contributed by atoms with van der Waals surface area (Å²) in [6.45, 7) is 23.7. The van der Waals surface area contributed by atoms with Crippen LogP contribution < -0.4 is 0 Å². The van der Waals surface area contributed by atoms with Crippen LogP contribution in [0.2, 0.25) is 0 Å². The third kappa shape index (κ3) is 33.8. The Hall–Kier alpha value is -19.8. The van der Waals surface area contributed by atoms with Crippen LogP contribution in [0.25, 0.3) is 0 Å². The second-order valence-corrected chi connectivity index (χ2v) is 28.7. The lowest BCUT2D eigenvalue weighted by Gasteiger charge is -2.04. The molecule has 0 heterocycles. The Morgan fingerprint density at radius 3 is 0.259 bits per heavy atom. The zero-order valence-electron chi connectivity index (χ0n) is 77.6. The molecular formula is C135H86. The largest absolute Gasteiger partial charge is 0.101 e. The van der Waals surface area contributed by atoms with Gasteiger partial charge in [0.05, 0.1) is 0 Å². The van der Waals surface area contributed by atoms with Crippen molar-refractivity contribution in [1.29, 1.82) is 0 Å². The van der Waals surface area contributed by atoms with E-state index in [-0.39, 0.29) is 0 Å². The first-order valence-electron chi connectivity index (χ1n) is 43.0. The van der Waals surface area contributed by atoms with Gasteiger partial charge in [-0.05, 0) is 375 Å². The van der Waals surface area contributed by atoms with Crippen LogP contribution in [0.4, 0.5) is 0 Å². The monoisotopic (exact) mass is 1710 g/mol. The quantitative estimate of drug-likeness (QED) is 0.133. The fourth-order valence-corrected chi connectivity index (χ4v) is 12.4. The van der Waals surface area contributed by atoms with Crippen LogP contribution in [0, 0.1) is 260 Å². The molecule has 0 amide bonds. The van der Waals surface area contributed by atoms with Crippen molar-refractivity contribution in [3.63, 3.8) is 0 Å². The molecule has 0 radical (unpaired) electrons. The average molecular weight is 1710 g/mol. The summed E-state index contributed by atoms with van der Waals surface area (Å²) in [5.41, 5.74) is 28.0. The minimum absolute atomic E-state index is 0.759. The van der Waals surface area contributed by atoms with Gasteiger partial charge in [-0.15, -0.1) is 77.0 Å². The van der Waals surface area contributed by atoms with Gasteiger partial charge in [0.15, 0.2) is 0 Å². The molecule has 13 rings (SSSR count). The highest BCUT2D eigenvalue weighted by Crippen LogP contribution is 2.21. The molecule has 0 aromatic heterocycles. The molecule has 135 heavy (non-hydrogen) atoms. The summed E-state index contributed by atoms with van der Waals surface area (Å²) in [5.74, 6) is 137.